The lowest BCUT2D eigenvalue weighted by molar-refractivity contribution is -0.120. The monoisotopic (exact) mass is 342 g/mol. The molecule has 3 rings (SSSR count). The molecule has 0 aliphatic carbocycles. The predicted octanol–water partition coefficient (Wildman–Crippen LogP) is 3.28. The zero-order valence-corrected chi connectivity index (χ0v) is 13.5. The minimum absolute atomic E-state index is 0.0922. The van der Waals surface area contributed by atoms with E-state index in [9.17, 15) is 9.18 Å². The van der Waals surface area contributed by atoms with E-state index < -0.39 is 0 Å². The Morgan fingerprint density at radius 1 is 1.12 bits per heavy atom. The lowest BCUT2D eigenvalue weighted by Crippen LogP contribution is -2.24. The largest absolute Gasteiger partial charge is 0.352 e. The molecule has 2 aromatic heterocycles. The van der Waals surface area contributed by atoms with Crippen molar-refractivity contribution < 1.29 is 9.18 Å². The quantitative estimate of drug-likeness (QED) is 0.721. The Morgan fingerprint density at radius 3 is 2.62 bits per heavy atom. The van der Waals surface area contributed by atoms with Gasteiger partial charge in [-0.25, -0.2) is 9.37 Å². The summed E-state index contributed by atoms with van der Waals surface area (Å²) in [5.74, 6) is -0.378. The Morgan fingerprint density at radius 2 is 1.88 bits per heavy atom. The molecular weight excluding hydrogens is 327 g/mol. The van der Waals surface area contributed by atoms with Crippen molar-refractivity contribution in [2.75, 3.05) is 5.32 Å². The Balaban J connectivity index is 1.51. The number of amides is 1. The van der Waals surface area contributed by atoms with Gasteiger partial charge in [-0.3, -0.25) is 9.78 Å². The fourth-order valence-electron chi connectivity index (χ4n) is 2.03. The standard InChI is InChI=1S/C17H15FN4OS/c18-13-1-3-14(4-2-13)21-17-22-15(11-24-17)9-16(23)20-10-12-5-7-19-8-6-12/h1-8,11H,9-10H2,(H,20,23)(H,21,22). The minimum Gasteiger partial charge on any atom is -0.352 e. The molecule has 0 radical (unpaired) electrons. The summed E-state index contributed by atoms with van der Waals surface area (Å²) >= 11 is 1.40. The SMILES string of the molecule is O=C(Cc1csc(Nc2ccc(F)cc2)n1)NCc1ccncc1. The molecule has 0 fully saturated rings. The van der Waals surface area contributed by atoms with Gasteiger partial charge in [0.05, 0.1) is 12.1 Å². The summed E-state index contributed by atoms with van der Waals surface area (Å²) in [7, 11) is 0. The molecule has 0 spiro atoms. The zero-order chi connectivity index (χ0) is 16.8. The van der Waals surface area contributed by atoms with Crippen LogP contribution in [0.25, 0.3) is 0 Å². The summed E-state index contributed by atoms with van der Waals surface area (Å²) in [6, 6.07) is 9.74. The molecule has 0 atom stereocenters. The molecule has 122 valence electrons. The number of carbonyl (C=O) groups is 1. The normalized spacial score (nSPS) is 10.4. The lowest BCUT2D eigenvalue weighted by atomic mass is 10.2. The van der Waals surface area contributed by atoms with Gasteiger partial charge in [-0.15, -0.1) is 11.3 Å². The molecule has 2 N–H and O–H groups in total. The summed E-state index contributed by atoms with van der Waals surface area (Å²) in [4.78, 5) is 20.3. The van der Waals surface area contributed by atoms with Crippen LogP contribution in [0.3, 0.4) is 0 Å². The van der Waals surface area contributed by atoms with Crippen molar-refractivity contribution in [3.05, 3.63) is 71.2 Å². The van der Waals surface area contributed by atoms with Gasteiger partial charge in [-0.2, -0.15) is 0 Å². The maximum Gasteiger partial charge on any atom is 0.226 e. The fourth-order valence-corrected chi connectivity index (χ4v) is 2.76. The van der Waals surface area contributed by atoms with Crippen LogP contribution >= 0.6 is 11.3 Å². The average molecular weight is 342 g/mol. The zero-order valence-electron chi connectivity index (χ0n) is 12.7. The van der Waals surface area contributed by atoms with Crippen molar-refractivity contribution in [1.82, 2.24) is 15.3 Å². The topological polar surface area (TPSA) is 66.9 Å². The summed E-state index contributed by atoms with van der Waals surface area (Å²) in [6.45, 7) is 0.464. The van der Waals surface area contributed by atoms with Gasteiger partial charge in [0.25, 0.3) is 0 Å². The molecule has 0 saturated carbocycles. The van der Waals surface area contributed by atoms with E-state index in [1.54, 1.807) is 24.5 Å². The molecule has 24 heavy (non-hydrogen) atoms. The average Bonchev–Trinajstić information content (AvgIpc) is 3.03. The van der Waals surface area contributed by atoms with Gasteiger partial charge in [0.2, 0.25) is 5.91 Å². The molecule has 0 aliphatic heterocycles. The first-order valence-electron chi connectivity index (χ1n) is 7.31. The Hall–Kier alpha value is -2.80. The van der Waals surface area contributed by atoms with E-state index >= 15 is 0 Å². The third kappa shape index (κ3) is 4.60. The molecule has 1 aromatic carbocycles. The molecule has 1 amide bonds. The van der Waals surface area contributed by atoms with E-state index in [4.69, 9.17) is 0 Å². The number of nitrogens with zero attached hydrogens (tertiary/aromatic N) is 2. The van der Waals surface area contributed by atoms with Crippen LogP contribution in [0.5, 0.6) is 0 Å². The van der Waals surface area contributed by atoms with Crippen molar-refractivity contribution in [2.24, 2.45) is 0 Å². The van der Waals surface area contributed by atoms with Crippen LogP contribution in [0.2, 0.25) is 0 Å². The Kier molecular flexibility index (Phi) is 5.12. The number of anilines is 2. The molecular formula is C17H15FN4OS. The van der Waals surface area contributed by atoms with Gasteiger partial charge in [0.1, 0.15) is 5.82 Å². The second-order valence-electron chi connectivity index (χ2n) is 5.08. The number of thiazole rings is 1. The van der Waals surface area contributed by atoms with Crippen LogP contribution in [0.1, 0.15) is 11.3 Å². The number of carbonyl (C=O) groups excluding carboxylic acids is 1. The van der Waals surface area contributed by atoms with Crippen molar-refractivity contribution in [3.8, 4) is 0 Å². The highest BCUT2D eigenvalue weighted by molar-refractivity contribution is 7.13. The van der Waals surface area contributed by atoms with E-state index in [-0.39, 0.29) is 18.1 Å². The van der Waals surface area contributed by atoms with E-state index in [1.165, 1.54) is 23.5 Å². The highest BCUT2D eigenvalue weighted by atomic mass is 32.1. The molecule has 7 heteroatoms. The minimum atomic E-state index is -0.286. The van der Waals surface area contributed by atoms with E-state index in [0.29, 0.717) is 17.4 Å². The number of hydrogen-bond acceptors (Lipinski definition) is 5. The van der Waals surface area contributed by atoms with Crippen LogP contribution in [0, 0.1) is 5.82 Å². The van der Waals surface area contributed by atoms with Crippen molar-refractivity contribution in [3.63, 3.8) is 0 Å². The van der Waals surface area contributed by atoms with Gasteiger partial charge < -0.3 is 10.6 Å². The van der Waals surface area contributed by atoms with Gasteiger partial charge >= 0.3 is 0 Å². The Bertz CT molecular complexity index is 805. The third-order valence-electron chi connectivity index (χ3n) is 3.23. The number of rotatable bonds is 6. The first-order chi connectivity index (χ1) is 11.7. The van der Waals surface area contributed by atoms with Crippen LogP contribution in [-0.4, -0.2) is 15.9 Å². The van der Waals surface area contributed by atoms with Gasteiger partial charge in [-0.05, 0) is 42.0 Å². The second kappa shape index (κ2) is 7.65. The van der Waals surface area contributed by atoms with Crippen molar-refractivity contribution >= 4 is 28.1 Å². The van der Waals surface area contributed by atoms with Crippen LogP contribution < -0.4 is 10.6 Å². The highest BCUT2D eigenvalue weighted by Gasteiger charge is 2.08. The van der Waals surface area contributed by atoms with Crippen LogP contribution in [0.4, 0.5) is 15.2 Å². The summed E-state index contributed by atoms with van der Waals surface area (Å²) in [5.41, 5.74) is 2.44. The summed E-state index contributed by atoms with van der Waals surface area (Å²) in [6.07, 6.45) is 3.59. The van der Waals surface area contributed by atoms with E-state index in [0.717, 1.165) is 11.3 Å². The summed E-state index contributed by atoms with van der Waals surface area (Å²) < 4.78 is 12.9. The first kappa shape index (κ1) is 16.1. The maximum absolute atomic E-state index is 12.9. The summed E-state index contributed by atoms with van der Waals surface area (Å²) in [5, 5.41) is 8.43. The van der Waals surface area contributed by atoms with Gasteiger partial charge in [0.15, 0.2) is 5.13 Å². The molecule has 3 aromatic rings. The number of pyridine rings is 1. The van der Waals surface area contributed by atoms with Crippen molar-refractivity contribution in [2.45, 2.75) is 13.0 Å². The molecule has 0 saturated heterocycles. The van der Waals surface area contributed by atoms with E-state index in [1.807, 2.05) is 17.5 Å². The molecule has 0 unspecified atom stereocenters. The molecule has 0 aliphatic rings. The van der Waals surface area contributed by atoms with Crippen LogP contribution in [-0.2, 0) is 17.8 Å². The molecule has 0 bridgehead atoms. The smallest absolute Gasteiger partial charge is 0.226 e. The Labute approximate surface area is 142 Å². The third-order valence-corrected chi connectivity index (χ3v) is 4.03. The van der Waals surface area contributed by atoms with Gasteiger partial charge in [-0.1, -0.05) is 0 Å². The van der Waals surface area contributed by atoms with Gasteiger partial charge in [0, 0.05) is 30.0 Å². The highest BCUT2D eigenvalue weighted by Crippen LogP contribution is 2.21. The predicted molar refractivity (Wildman–Crippen MR) is 91.6 cm³/mol. The number of benzene rings is 1. The maximum atomic E-state index is 12.9. The second-order valence-corrected chi connectivity index (χ2v) is 5.94. The first-order valence-corrected chi connectivity index (χ1v) is 8.19. The van der Waals surface area contributed by atoms with Crippen LogP contribution in [0.15, 0.2) is 54.2 Å². The fraction of sp³-hybridized carbons (Fsp3) is 0.118. The number of aromatic nitrogens is 2. The molecule has 2 heterocycles. The number of halogens is 1. The number of hydrogen-bond donors (Lipinski definition) is 2. The molecule has 5 nitrogen and oxygen atoms in total. The van der Waals surface area contributed by atoms with E-state index in [2.05, 4.69) is 20.6 Å². The number of nitrogens with one attached hydrogen (secondary N) is 2. The lowest BCUT2D eigenvalue weighted by Gasteiger charge is -2.04. The van der Waals surface area contributed by atoms with Crippen molar-refractivity contribution in [1.29, 1.82) is 0 Å².